The maximum absolute atomic E-state index is 12.3. The number of rotatable bonds is 3. The molecule has 3 rings (SSSR count). The predicted molar refractivity (Wildman–Crippen MR) is 105 cm³/mol. The van der Waals surface area contributed by atoms with E-state index in [0.717, 1.165) is 43.9 Å². The van der Waals surface area contributed by atoms with Crippen molar-refractivity contribution in [2.75, 3.05) is 31.1 Å². The van der Waals surface area contributed by atoms with E-state index in [1.54, 1.807) is 4.90 Å². The van der Waals surface area contributed by atoms with Crippen molar-refractivity contribution in [3.05, 3.63) is 24.3 Å². The average Bonchev–Trinajstić information content (AvgIpc) is 2.62. The molecule has 2 saturated heterocycles. The first-order chi connectivity index (χ1) is 12.8. The number of carbonyl (C=O) groups is 1. The van der Waals surface area contributed by atoms with E-state index in [4.69, 9.17) is 14.2 Å². The van der Waals surface area contributed by atoms with Crippen molar-refractivity contribution in [3.63, 3.8) is 0 Å². The Bertz CT molecular complexity index is 620. The SMILES string of the molecule is C[C@H]1CN(C(=O)OC(C)(C)C)CCN1c1ccc(O[C@@H]2CCCCO2)cc1. The van der Waals surface area contributed by atoms with E-state index in [2.05, 4.69) is 24.0 Å². The highest BCUT2D eigenvalue weighted by atomic mass is 16.7. The topological polar surface area (TPSA) is 51.2 Å². The van der Waals surface area contributed by atoms with Crippen LogP contribution in [0.2, 0.25) is 0 Å². The number of nitrogens with zero attached hydrogens (tertiary/aromatic N) is 2. The van der Waals surface area contributed by atoms with E-state index in [-0.39, 0.29) is 18.4 Å². The van der Waals surface area contributed by atoms with Crippen LogP contribution in [0.15, 0.2) is 24.3 Å². The molecule has 2 heterocycles. The first-order valence-electron chi connectivity index (χ1n) is 9.95. The van der Waals surface area contributed by atoms with Crippen molar-refractivity contribution < 1.29 is 19.0 Å². The van der Waals surface area contributed by atoms with Gasteiger partial charge in [-0.05, 0) is 64.8 Å². The van der Waals surface area contributed by atoms with Gasteiger partial charge in [0, 0.05) is 37.8 Å². The average molecular weight is 376 g/mol. The molecule has 0 aliphatic carbocycles. The molecule has 0 bridgehead atoms. The first-order valence-corrected chi connectivity index (χ1v) is 9.95. The molecule has 2 atom stereocenters. The number of piperazine rings is 1. The maximum atomic E-state index is 12.3. The quantitative estimate of drug-likeness (QED) is 0.797. The molecule has 0 N–H and O–H groups in total. The lowest BCUT2D eigenvalue weighted by molar-refractivity contribution is -0.105. The molecule has 2 aliphatic rings. The third-order valence-corrected chi connectivity index (χ3v) is 4.85. The Morgan fingerprint density at radius 1 is 1.15 bits per heavy atom. The van der Waals surface area contributed by atoms with Gasteiger partial charge in [-0.3, -0.25) is 0 Å². The van der Waals surface area contributed by atoms with Crippen LogP contribution in [-0.4, -0.2) is 55.2 Å². The fraction of sp³-hybridized carbons (Fsp3) is 0.667. The molecule has 0 aromatic heterocycles. The smallest absolute Gasteiger partial charge is 0.410 e. The number of benzene rings is 1. The Hall–Kier alpha value is -1.95. The minimum Gasteiger partial charge on any atom is -0.465 e. The molecule has 150 valence electrons. The fourth-order valence-corrected chi connectivity index (χ4v) is 3.51. The standard InChI is InChI=1S/C21H32N2O4/c1-16-15-22(20(24)27-21(2,3)4)12-13-23(16)17-8-10-18(11-9-17)26-19-7-5-6-14-25-19/h8-11,16,19H,5-7,12-15H2,1-4H3/t16-,19+/m0/s1. The lowest BCUT2D eigenvalue weighted by Gasteiger charge is -2.41. The van der Waals surface area contributed by atoms with E-state index in [1.165, 1.54) is 0 Å². The summed E-state index contributed by atoms with van der Waals surface area (Å²) in [6.07, 6.45) is 2.87. The lowest BCUT2D eigenvalue weighted by atomic mass is 10.1. The largest absolute Gasteiger partial charge is 0.465 e. The summed E-state index contributed by atoms with van der Waals surface area (Å²) in [7, 11) is 0. The number of anilines is 1. The molecular weight excluding hydrogens is 344 g/mol. The van der Waals surface area contributed by atoms with Crippen LogP contribution in [0, 0.1) is 0 Å². The van der Waals surface area contributed by atoms with Crippen LogP contribution in [-0.2, 0) is 9.47 Å². The molecule has 1 aromatic rings. The van der Waals surface area contributed by atoms with Crippen molar-refractivity contribution in [1.82, 2.24) is 4.90 Å². The summed E-state index contributed by atoms with van der Waals surface area (Å²) in [5.74, 6) is 0.839. The predicted octanol–water partition coefficient (Wildman–Crippen LogP) is 4.04. The van der Waals surface area contributed by atoms with E-state index in [0.29, 0.717) is 13.1 Å². The Labute approximate surface area is 162 Å². The second-order valence-corrected chi connectivity index (χ2v) is 8.38. The Morgan fingerprint density at radius 3 is 2.48 bits per heavy atom. The third kappa shape index (κ3) is 5.51. The van der Waals surface area contributed by atoms with Gasteiger partial charge in [-0.15, -0.1) is 0 Å². The molecule has 6 heteroatoms. The van der Waals surface area contributed by atoms with Crippen molar-refractivity contribution in [2.45, 2.75) is 64.9 Å². The van der Waals surface area contributed by atoms with Crippen LogP contribution >= 0.6 is 0 Å². The van der Waals surface area contributed by atoms with Gasteiger partial charge in [-0.1, -0.05) is 0 Å². The number of hydrogen-bond donors (Lipinski definition) is 0. The van der Waals surface area contributed by atoms with Gasteiger partial charge >= 0.3 is 6.09 Å². The minimum absolute atomic E-state index is 0.124. The molecule has 1 aromatic carbocycles. The summed E-state index contributed by atoms with van der Waals surface area (Å²) in [4.78, 5) is 16.4. The number of amides is 1. The zero-order valence-electron chi connectivity index (χ0n) is 16.9. The maximum Gasteiger partial charge on any atom is 0.410 e. The molecule has 27 heavy (non-hydrogen) atoms. The highest BCUT2D eigenvalue weighted by molar-refractivity contribution is 5.69. The van der Waals surface area contributed by atoms with Gasteiger partial charge in [0.2, 0.25) is 0 Å². The van der Waals surface area contributed by atoms with Crippen LogP contribution in [0.4, 0.5) is 10.5 Å². The Kier molecular flexibility index (Phi) is 6.15. The summed E-state index contributed by atoms with van der Waals surface area (Å²) in [5, 5.41) is 0. The zero-order valence-corrected chi connectivity index (χ0v) is 16.9. The molecule has 2 fully saturated rings. The van der Waals surface area contributed by atoms with E-state index in [1.807, 2.05) is 32.9 Å². The summed E-state index contributed by atoms with van der Waals surface area (Å²) in [6.45, 7) is 10.7. The molecule has 2 aliphatic heterocycles. The highest BCUT2D eigenvalue weighted by Gasteiger charge is 2.30. The van der Waals surface area contributed by atoms with E-state index < -0.39 is 5.60 Å². The van der Waals surface area contributed by atoms with Gasteiger partial charge in [0.05, 0.1) is 6.61 Å². The van der Waals surface area contributed by atoms with Crippen molar-refractivity contribution in [2.24, 2.45) is 0 Å². The highest BCUT2D eigenvalue weighted by Crippen LogP contribution is 2.26. The third-order valence-electron chi connectivity index (χ3n) is 4.85. The molecule has 0 radical (unpaired) electrons. The van der Waals surface area contributed by atoms with Crippen molar-refractivity contribution in [1.29, 1.82) is 0 Å². The summed E-state index contributed by atoms with van der Waals surface area (Å²) in [5.41, 5.74) is 0.679. The Morgan fingerprint density at radius 2 is 1.89 bits per heavy atom. The number of carbonyl (C=O) groups excluding carboxylic acids is 1. The lowest BCUT2D eigenvalue weighted by Crippen LogP contribution is -2.54. The second kappa shape index (κ2) is 8.38. The molecule has 1 amide bonds. The summed E-state index contributed by atoms with van der Waals surface area (Å²) in [6, 6.07) is 8.38. The monoisotopic (exact) mass is 376 g/mol. The van der Waals surface area contributed by atoms with Gasteiger partial charge in [-0.2, -0.15) is 0 Å². The van der Waals surface area contributed by atoms with E-state index in [9.17, 15) is 4.79 Å². The fourth-order valence-electron chi connectivity index (χ4n) is 3.51. The van der Waals surface area contributed by atoms with Crippen LogP contribution in [0.3, 0.4) is 0 Å². The van der Waals surface area contributed by atoms with E-state index >= 15 is 0 Å². The van der Waals surface area contributed by atoms with Crippen LogP contribution in [0.1, 0.15) is 47.0 Å². The molecule has 0 spiro atoms. The van der Waals surface area contributed by atoms with Crippen molar-refractivity contribution >= 4 is 11.8 Å². The number of hydrogen-bond acceptors (Lipinski definition) is 5. The Balaban J connectivity index is 1.55. The van der Waals surface area contributed by atoms with Gasteiger partial charge in [0.25, 0.3) is 0 Å². The molecule has 6 nitrogen and oxygen atoms in total. The zero-order chi connectivity index (χ0) is 19.4. The summed E-state index contributed by atoms with van der Waals surface area (Å²) >= 11 is 0. The molecular formula is C21H32N2O4. The van der Waals surface area contributed by atoms with Crippen LogP contribution in [0.25, 0.3) is 0 Å². The van der Waals surface area contributed by atoms with Crippen molar-refractivity contribution in [3.8, 4) is 5.75 Å². The molecule has 0 saturated carbocycles. The van der Waals surface area contributed by atoms with Crippen LogP contribution < -0.4 is 9.64 Å². The van der Waals surface area contributed by atoms with Gasteiger partial charge in [0.15, 0.2) is 6.29 Å². The van der Waals surface area contributed by atoms with Crippen LogP contribution in [0.5, 0.6) is 5.75 Å². The number of ether oxygens (including phenoxy) is 3. The second-order valence-electron chi connectivity index (χ2n) is 8.38. The first kappa shape index (κ1) is 19.8. The molecule has 0 unspecified atom stereocenters. The minimum atomic E-state index is -0.463. The van der Waals surface area contributed by atoms with Gasteiger partial charge in [-0.25, -0.2) is 4.79 Å². The summed E-state index contributed by atoms with van der Waals surface area (Å²) < 4.78 is 17.0. The van der Waals surface area contributed by atoms with Gasteiger partial charge in [0.1, 0.15) is 11.4 Å². The normalized spacial score (nSPS) is 23.9. The van der Waals surface area contributed by atoms with Gasteiger partial charge < -0.3 is 24.0 Å².